The lowest BCUT2D eigenvalue weighted by atomic mass is 10.0. The molecule has 0 radical (unpaired) electrons. The molecule has 2 rings (SSSR count). The molecule has 1 N–H and O–H groups in total. The minimum absolute atomic E-state index is 0.850. The lowest BCUT2D eigenvalue weighted by molar-refractivity contribution is 0.413. The van der Waals surface area contributed by atoms with Gasteiger partial charge in [0.1, 0.15) is 0 Å². The molecule has 1 unspecified atom stereocenters. The van der Waals surface area contributed by atoms with Crippen LogP contribution in [-0.2, 0) is 0 Å². The first kappa shape index (κ1) is 10.5. The molecular weight excluding hydrogens is 170 g/mol. The minimum atomic E-state index is 0.850. The van der Waals surface area contributed by atoms with E-state index in [0.29, 0.717) is 0 Å². The van der Waals surface area contributed by atoms with Crippen molar-refractivity contribution in [3.63, 3.8) is 0 Å². The van der Waals surface area contributed by atoms with Crippen molar-refractivity contribution < 1.29 is 0 Å². The van der Waals surface area contributed by atoms with E-state index in [-0.39, 0.29) is 0 Å². The zero-order valence-electron chi connectivity index (χ0n) is 9.60. The summed E-state index contributed by atoms with van der Waals surface area (Å²) in [6.45, 7) is 3.49. The fourth-order valence-corrected chi connectivity index (χ4v) is 2.25. The van der Waals surface area contributed by atoms with Crippen LogP contribution in [0.3, 0.4) is 0 Å². The number of rotatable bonds is 8. The zero-order valence-corrected chi connectivity index (χ0v) is 9.60. The van der Waals surface area contributed by atoms with Crippen molar-refractivity contribution in [3.8, 4) is 0 Å². The van der Waals surface area contributed by atoms with Gasteiger partial charge < -0.3 is 5.32 Å². The van der Waals surface area contributed by atoms with Crippen LogP contribution in [0.5, 0.6) is 0 Å². The summed E-state index contributed by atoms with van der Waals surface area (Å²) < 4.78 is 0. The second-order valence-electron chi connectivity index (χ2n) is 5.35. The maximum Gasteiger partial charge on any atom is 0.00698 e. The minimum Gasteiger partial charge on any atom is -0.314 e. The van der Waals surface area contributed by atoms with Crippen molar-refractivity contribution in [3.05, 3.63) is 0 Å². The predicted octanol–water partition coefficient (Wildman–Crippen LogP) is 3.34. The van der Waals surface area contributed by atoms with Gasteiger partial charge in [-0.25, -0.2) is 0 Å². The summed E-state index contributed by atoms with van der Waals surface area (Å²) in [6.07, 6.45) is 11.7. The van der Waals surface area contributed by atoms with Gasteiger partial charge in [-0.05, 0) is 44.1 Å². The van der Waals surface area contributed by atoms with Gasteiger partial charge in [0.05, 0.1) is 0 Å². The van der Waals surface area contributed by atoms with Gasteiger partial charge in [0.25, 0.3) is 0 Å². The van der Waals surface area contributed by atoms with Crippen LogP contribution in [-0.4, -0.2) is 12.6 Å². The molecule has 14 heavy (non-hydrogen) atoms. The van der Waals surface area contributed by atoms with Gasteiger partial charge in [-0.1, -0.05) is 32.6 Å². The molecule has 2 aliphatic rings. The summed E-state index contributed by atoms with van der Waals surface area (Å²) in [4.78, 5) is 0. The maximum atomic E-state index is 3.72. The lowest BCUT2D eigenvalue weighted by Crippen LogP contribution is -2.30. The van der Waals surface area contributed by atoms with Gasteiger partial charge in [0.15, 0.2) is 0 Å². The molecule has 0 amide bonds. The molecule has 0 aliphatic heterocycles. The highest BCUT2D eigenvalue weighted by Crippen LogP contribution is 2.37. The SMILES string of the molecule is CCCNC(CCC1CC1)CC1CC1. The molecule has 82 valence electrons. The Hall–Kier alpha value is -0.0400. The first-order valence-corrected chi connectivity index (χ1v) is 6.62. The van der Waals surface area contributed by atoms with Crippen molar-refractivity contribution in [2.45, 2.75) is 64.3 Å². The smallest absolute Gasteiger partial charge is 0.00698 e. The topological polar surface area (TPSA) is 12.0 Å². The van der Waals surface area contributed by atoms with E-state index in [1.54, 1.807) is 0 Å². The van der Waals surface area contributed by atoms with E-state index in [2.05, 4.69) is 12.2 Å². The third-order valence-electron chi connectivity index (χ3n) is 3.62. The first-order valence-electron chi connectivity index (χ1n) is 6.62. The molecular formula is C13H25N. The molecule has 0 bridgehead atoms. The highest BCUT2D eigenvalue weighted by molar-refractivity contribution is 4.82. The average molecular weight is 195 g/mol. The van der Waals surface area contributed by atoms with Gasteiger partial charge in [-0.3, -0.25) is 0 Å². The summed E-state index contributed by atoms with van der Waals surface area (Å²) in [5, 5.41) is 3.72. The highest BCUT2D eigenvalue weighted by atomic mass is 14.9. The van der Waals surface area contributed by atoms with Gasteiger partial charge >= 0.3 is 0 Å². The van der Waals surface area contributed by atoms with Crippen molar-refractivity contribution in [1.29, 1.82) is 0 Å². The van der Waals surface area contributed by atoms with E-state index < -0.39 is 0 Å². The van der Waals surface area contributed by atoms with E-state index in [1.807, 2.05) is 0 Å². The third kappa shape index (κ3) is 4.00. The van der Waals surface area contributed by atoms with Crippen LogP contribution in [0.4, 0.5) is 0 Å². The first-order chi connectivity index (χ1) is 6.88. The zero-order chi connectivity index (χ0) is 9.80. The molecule has 0 aromatic rings. The molecule has 0 heterocycles. The number of hydrogen-bond acceptors (Lipinski definition) is 1. The Balaban J connectivity index is 1.60. The molecule has 1 heteroatoms. The van der Waals surface area contributed by atoms with Gasteiger partial charge in [0.2, 0.25) is 0 Å². The van der Waals surface area contributed by atoms with Gasteiger partial charge in [0, 0.05) is 6.04 Å². The summed E-state index contributed by atoms with van der Waals surface area (Å²) in [5.41, 5.74) is 0. The van der Waals surface area contributed by atoms with Gasteiger partial charge in [-0.2, -0.15) is 0 Å². The second kappa shape index (κ2) is 5.16. The van der Waals surface area contributed by atoms with E-state index in [0.717, 1.165) is 17.9 Å². The van der Waals surface area contributed by atoms with Crippen molar-refractivity contribution in [2.75, 3.05) is 6.54 Å². The number of nitrogens with one attached hydrogen (secondary N) is 1. The Morgan fingerprint density at radius 3 is 2.43 bits per heavy atom. The summed E-state index contributed by atoms with van der Waals surface area (Å²) in [6, 6.07) is 0.850. The number of hydrogen-bond donors (Lipinski definition) is 1. The fraction of sp³-hybridized carbons (Fsp3) is 1.00. The van der Waals surface area contributed by atoms with E-state index >= 15 is 0 Å². The molecule has 0 aromatic carbocycles. The Morgan fingerprint density at radius 1 is 1.14 bits per heavy atom. The molecule has 2 fully saturated rings. The lowest BCUT2D eigenvalue weighted by Gasteiger charge is -2.18. The Morgan fingerprint density at radius 2 is 1.86 bits per heavy atom. The summed E-state index contributed by atoms with van der Waals surface area (Å²) in [7, 11) is 0. The predicted molar refractivity (Wildman–Crippen MR) is 61.4 cm³/mol. The van der Waals surface area contributed by atoms with Crippen molar-refractivity contribution in [1.82, 2.24) is 5.32 Å². The highest BCUT2D eigenvalue weighted by Gasteiger charge is 2.27. The standard InChI is InChI=1S/C13H25N/c1-2-9-14-13(10-12-5-6-12)8-7-11-3-4-11/h11-14H,2-10H2,1H3. The molecule has 1 atom stereocenters. The summed E-state index contributed by atoms with van der Waals surface area (Å²) >= 11 is 0. The largest absolute Gasteiger partial charge is 0.314 e. The maximum absolute atomic E-state index is 3.72. The van der Waals surface area contributed by atoms with Crippen LogP contribution in [0.2, 0.25) is 0 Å². The Bertz CT molecular complexity index is 159. The Labute approximate surface area is 88.7 Å². The van der Waals surface area contributed by atoms with Crippen LogP contribution in [0, 0.1) is 11.8 Å². The van der Waals surface area contributed by atoms with E-state index in [1.165, 1.54) is 57.9 Å². The van der Waals surface area contributed by atoms with E-state index in [4.69, 9.17) is 0 Å². The molecule has 0 aromatic heterocycles. The van der Waals surface area contributed by atoms with Crippen LogP contribution in [0.1, 0.15) is 58.3 Å². The quantitative estimate of drug-likeness (QED) is 0.626. The molecule has 1 nitrogen and oxygen atoms in total. The molecule has 0 spiro atoms. The van der Waals surface area contributed by atoms with Crippen LogP contribution < -0.4 is 5.32 Å². The molecule has 2 saturated carbocycles. The van der Waals surface area contributed by atoms with Crippen LogP contribution in [0.25, 0.3) is 0 Å². The third-order valence-corrected chi connectivity index (χ3v) is 3.62. The monoisotopic (exact) mass is 195 g/mol. The second-order valence-corrected chi connectivity index (χ2v) is 5.35. The molecule has 0 saturated heterocycles. The van der Waals surface area contributed by atoms with E-state index in [9.17, 15) is 0 Å². The van der Waals surface area contributed by atoms with Gasteiger partial charge in [-0.15, -0.1) is 0 Å². The van der Waals surface area contributed by atoms with Crippen molar-refractivity contribution >= 4 is 0 Å². The summed E-state index contributed by atoms with van der Waals surface area (Å²) in [5.74, 6) is 2.20. The van der Waals surface area contributed by atoms with Crippen molar-refractivity contribution in [2.24, 2.45) is 11.8 Å². The molecule has 2 aliphatic carbocycles. The van der Waals surface area contributed by atoms with Crippen LogP contribution in [0.15, 0.2) is 0 Å². The Kier molecular flexibility index (Phi) is 3.86. The average Bonchev–Trinajstić information content (AvgIpc) is 3.02. The fourth-order valence-electron chi connectivity index (χ4n) is 2.25. The van der Waals surface area contributed by atoms with Crippen LogP contribution >= 0.6 is 0 Å². The normalized spacial score (nSPS) is 23.8.